The number of nitrogens with zero attached hydrogens (tertiary/aromatic N) is 2. The average Bonchev–Trinajstić information content (AvgIpc) is 2.76. The molecule has 0 atom stereocenters. The van der Waals surface area contributed by atoms with Crippen molar-refractivity contribution in [3.8, 4) is 17.4 Å². The lowest BCUT2D eigenvalue weighted by molar-refractivity contribution is -0.0520. The van der Waals surface area contributed by atoms with Crippen LogP contribution in [0.15, 0.2) is 41.5 Å². The Labute approximate surface area is 203 Å². The van der Waals surface area contributed by atoms with Gasteiger partial charge < -0.3 is 29.6 Å². The summed E-state index contributed by atoms with van der Waals surface area (Å²) in [5, 5.41) is 6.24. The number of hydrogen-bond acceptors (Lipinski definition) is 6. The molecule has 0 spiro atoms. The number of pyridine rings is 1. The fraction of sp³-hybridized carbons (Fsp3) is 0.429. The summed E-state index contributed by atoms with van der Waals surface area (Å²) in [6.07, 6.45) is 1.65. The number of aromatic nitrogens is 1. The van der Waals surface area contributed by atoms with E-state index in [-0.39, 0.29) is 42.0 Å². The van der Waals surface area contributed by atoms with Crippen LogP contribution in [0.3, 0.4) is 0 Å². The Kier molecular flexibility index (Phi) is 13.3. The third kappa shape index (κ3) is 8.99. The summed E-state index contributed by atoms with van der Waals surface area (Å²) in [5.74, 6) is 1.23. The van der Waals surface area contributed by atoms with Gasteiger partial charge in [-0.15, -0.1) is 24.0 Å². The molecule has 0 bridgehead atoms. The maximum atomic E-state index is 12.9. The van der Waals surface area contributed by atoms with E-state index in [9.17, 15) is 8.78 Å². The van der Waals surface area contributed by atoms with Gasteiger partial charge in [-0.25, -0.2) is 4.98 Å². The maximum absolute atomic E-state index is 12.9. The zero-order valence-electron chi connectivity index (χ0n) is 18.3. The minimum atomic E-state index is -2.96. The molecule has 1 aromatic heterocycles. The molecule has 1 heterocycles. The van der Waals surface area contributed by atoms with Crippen LogP contribution in [-0.4, -0.2) is 51.5 Å². The number of alkyl halides is 2. The molecule has 0 aliphatic carbocycles. The molecule has 0 unspecified atom stereocenters. The van der Waals surface area contributed by atoms with Crippen molar-refractivity contribution in [2.24, 2.45) is 4.99 Å². The first-order chi connectivity index (χ1) is 15.1. The van der Waals surface area contributed by atoms with Crippen molar-refractivity contribution in [1.82, 2.24) is 15.6 Å². The molecule has 0 saturated carbocycles. The van der Waals surface area contributed by atoms with E-state index in [1.165, 1.54) is 0 Å². The van der Waals surface area contributed by atoms with Gasteiger partial charge in [0.25, 0.3) is 0 Å². The van der Waals surface area contributed by atoms with Crippen LogP contribution in [0.1, 0.15) is 18.1 Å². The highest BCUT2D eigenvalue weighted by Crippen LogP contribution is 2.32. The van der Waals surface area contributed by atoms with Crippen molar-refractivity contribution >= 4 is 29.9 Å². The molecule has 2 rings (SSSR count). The molecular formula is C21H29F2IN4O4. The first kappa shape index (κ1) is 27.6. The van der Waals surface area contributed by atoms with E-state index in [4.69, 9.17) is 18.9 Å². The van der Waals surface area contributed by atoms with Gasteiger partial charge >= 0.3 is 6.61 Å². The van der Waals surface area contributed by atoms with Crippen LogP contribution in [0, 0.1) is 0 Å². The minimum absolute atomic E-state index is 0. The van der Waals surface area contributed by atoms with Crippen molar-refractivity contribution < 1.29 is 27.7 Å². The van der Waals surface area contributed by atoms with Crippen LogP contribution in [0.2, 0.25) is 0 Å². The van der Waals surface area contributed by atoms with Crippen LogP contribution in [-0.2, 0) is 17.8 Å². The van der Waals surface area contributed by atoms with E-state index in [0.717, 1.165) is 5.56 Å². The Morgan fingerprint density at radius 3 is 2.44 bits per heavy atom. The predicted molar refractivity (Wildman–Crippen MR) is 128 cm³/mol. The van der Waals surface area contributed by atoms with E-state index in [2.05, 4.69) is 20.6 Å². The minimum Gasteiger partial charge on any atom is -0.490 e. The zero-order valence-corrected chi connectivity index (χ0v) is 20.6. The lowest BCUT2D eigenvalue weighted by atomic mass is 10.2. The number of rotatable bonds is 12. The quantitative estimate of drug-likeness (QED) is 0.176. The SMILES string of the molecule is CCOc1cccc(CNC(=NC)NCc2cccnc2OCCOC)c1OC(F)F.I. The molecule has 2 N–H and O–H groups in total. The van der Waals surface area contributed by atoms with Crippen LogP contribution in [0.4, 0.5) is 8.78 Å². The summed E-state index contributed by atoms with van der Waals surface area (Å²) in [5.41, 5.74) is 1.35. The van der Waals surface area contributed by atoms with Gasteiger partial charge in [-0.2, -0.15) is 8.78 Å². The van der Waals surface area contributed by atoms with Crippen molar-refractivity contribution in [2.45, 2.75) is 26.6 Å². The maximum Gasteiger partial charge on any atom is 0.387 e. The van der Waals surface area contributed by atoms with Gasteiger partial charge in [0.05, 0.1) is 13.2 Å². The number of benzene rings is 1. The summed E-state index contributed by atoms with van der Waals surface area (Å²) in [6, 6.07) is 8.68. The average molecular weight is 566 g/mol. The number of ether oxygens (including phenoxy) is 4. The standard InChI is InChI=1S/C21H28F2N4O4.HI/c1-4-29-17-9-5-7-15(18(17)31-20(22)23)13-26-21(24-2)27-14-16-8-6-10-25-19(16)30-12-11-28-3;/h5-10,20H,4,11-14H2,1-3H3,(H2,24,26,27);1H. The predicted octanol–water partition coefficient (Wildman–Crippen LogP) is 3.59. The van der Waals surface area contributed by atoms with E-state index in [1.54, 1.807) is 45.5 Å². The molecule has 0 fully saturated rings. The second-order valence-corrected chi connectivity index (χ2v) is 6.14. The number of para-hydroxylation sites is 1. The first-order valence-corrected chi connectivity index (χ1v) is 9.78. The van der Waals surface area contributed by atoms with Crippen LogP contribution in [0.5, 0.6) is 17.4 Å². The van der Waals surface area contributed by atoms with E-state index in [1.807, 2.05) is 12.1 Å². The number of methoxy groups -OCH3 is 1. The Morgan fingerprint density at radius 1 is 1.06 bits per heavy atom. The Bertz CT molecular complexity index is 843. The molecule has 8 nitrogen and oxygen atoms in total. The summed E-state index contributed by atoms with van der Waals surface area (Å²) in [7, 11) is 3.21. The molecule has 1 aromatic carbocycles. The van der Waals surface area contributed by atoms with Gasteiger partial charge in [0.15, 0.2) is 17.5 Å². The number of aliphatic imine (C=N–C) groups is 1. The van der Waals surface area contributed by atoms with E-state index in [0.29, 0.717) is 43.8 Å². The highest BCUT2D eigenvalue weighted by atomic mass is 127. The van der Waals surface area contributed by atoms with Gasteiger partial charge in [-0.1, -0.05) is 18.2 Å². The van der Waals surface area contributed by atoms with Crippen molar-refractivity contribution in [3.63, 3.8) is 0 Å². The van der Waals surface area contributed by atoms with Crippen LogP contribution < -0.4 is 24.8 Å². The molecule has 0 aliphatic rings. The summed E-state index contributed by atoms with van der Waals surface area (Å²) < 4.78 is 46.5. The smallest absolute Gasteiger partial charge is 0.387 e. The van der Waals surface area contributed by atoms with Crippen molar-refractivity contribution in [2.75, 3.05) is 34.0 Å². The largest absolute Gasteiger partial charge is 0.490 e. The Morgan fingerprint density at radius 2 is 1.78 bits per heavy atom. The summed E-state index contributed by atoms with van der Waals surface area (Å²) >= 11 is 0. The molecule has 0 amide bonds. The topological polar surface area (TPSA) is 86.2 Å². The number of hydrogen-bond donors (Lipinski definition) is 2. The van der Waals surface area contributed by atoms with E-state index >= 15 is 0 Å². The zero-order chi connectivity index (χ0) is 22.5. The van der Waals surface area contributed by atoms with Gasteiger partial charge in [-0.3, -0.25) is 4.99 Å². The van der Waals surface area contributed by atoms with Crippen LogP contribution >= 0.6 is 24.0 Å². The molecule has 11 heteroatoms. The molecule has 0 aliphatic heterocycles. The van der Waals surface area contributed by atoms with Crippen molar-refractivity contribution in [3.05, 3.63) is 47.7 Å². The highest BCUT2D eigenvalue weighted by Gasteiger charge is 2.16. The fourth-order valence-corrected chi connectivity index (χ4v) is 2.68. The molecule has 0 radical (unpaired) electrons. The normalized spacial score (nSPS) is 11.0. The fourth-order valence-electron chi connectivity index (χ4n) is 2.68. The molecular weight excluding hydrogens is 537 g/mol. The summed E-state index contributed by atoms with van der Waals surface area (Å²) in [4.78, 5) is 8.40. The summed E-state index contributed by atoms with van der Waals surface area (Å²) in [6.45, 7) is 0.587. The van der Waals surface area contributed by atoms with Gasteiger partial charge in [0.1, 0.15) is 6.61 Å². The first-order valence-electron chi connectivity index (χ1n) is 9.78. The van der Waals surface area contributed by atoms with E-state index < -0.39 is 6.61 Å². The third-order valence-electron chi connectivity index (χ3n) is 4.06. The molecule has 178 valence electrons. The number of nitrogens with one attached hydrogen (secondary N) is 2. The monoisotopic (exact) mass is 566 g/mol. The second-order valence-electron chi connectivity index (χ2n) is 6.14. The van der Waals surface area contributed by atoms with Crippen LogP contribution in [0.25, 0.3) is 0 Å². The molecule has 32 heavy (non-hydrogen) atoms. The lowest BCUT2D eigenvalue weighted by Gasteiger charge is -2.17. The Hall–Kier alpha value is -2.41. The third-order valence-corrected chi connectivity index (χ3v) is 4.06. The number of halogens is 3. The molecule has 2 aromatic rings. The lowest BCUT2D eigenvalue weighted by Crippen LogP contribution is -2.36. The molecule has 0 saturated heterocycles. The number of guanidine groups is 1. The second kappa shape index (κ2) is 15.4. The van der Waals surface area contributed by atoms with Crippen molar-refractivity contribution in [1.29, 1.82) is 0 Å². The highest BCUT2D eigenvalue weighted by molar-refractivity contribution is 14.0. The Balaban J connectivity index is 0.00000512. The van der Waals surface area contributed by atoms with Gasteiger partial charge in [-0.05, 0) is 19.1 Å². The van der Waals surface area contributed by atoms with Gasteiger partial charge in [0.2, 0.25) is 5.88 Å². The van der Waals surface area contributed by atoms with Gasteiger partial charge in [0, 0.05) is 44.6 Å².